The van der Waals surface area contributed by atoms with E-state index in [0.29, 0.717) is 17.8 Å². The third-order valence-corrected chi connectivity index (χ3v) is 3.71. The molecule has 5 heteroatoms. The van der Waals surface area contributed by atoms with Crippen LogP contribution in [0.4, 0.5) is 5.69 Å². The summed E-state index contributed by atoms with van der Waals surface area (Å²) in [5.41, 5.74) is 7.94. The molecule has 104 valence electrons. The van der Waals surface area contributed by atoms with Crippen molar-refractivity contribution < 1.29 is 4.79 Å². The second-order valence-corrected chi connectivity index (χ2v) is 5.39. The molecule has 0 atom stereocenters. The van der Waals surface area contributed by atoms with E-state index in [4.69, 9.17) is 5.73 Å². The molecule has 0 fully saturated rings. The molecule has 0 aliphatic heterocycles. The van der Waals surface area contributed by atoms with Crippen molar-refractivity contribution >= 4 is 27.5 Å². The molecule has 2 aromatic rings. The Morgan fingerprint density at radius 1 is 1.35 bits per heavy atom. The van der Waals surface area contributed by atoms with Crippen LogP contribution in [0.2, 0.25) is 0 Å². The van der Waals surface area contributed by atoms with Gasteiger partial charge in [0.05, 0.1) is 0 Å². The van der Waals surface area contributed by atoms with Crippen LogP contribution in [0, 0.1) is 0 Å². The smallest absolute Gasteiger partial charge is 0.253 e. The number of nitrogen functional groups attached to an aromatic ring is 1. The van der Waals surface area contributed by atoms with E-state index in [1.165, 1.54) is 0 Å². The Hall–Kier alpha value is -1.88. The van der Waals surface area contributed by atoms with Gasteiger partial charge in [-0.05, 0) is 46.3 Å². The van der Waals surface area contributed by atoms with Gasteiger partial charge in [-0.15, -0.1) is 0 Å². The van der Waals surface area contributed by atoms with E-state index in [0.717, 1.165) is 16.6 Å². The molecule has 0 radical (unpaired) electrons. The van der Waals surface area contributed by atoms with E-state index < -0.39 is 0 Å². The number of benzene rings is 1. The Morgan fingerprint density at radius 2 is 2.15 bits per heavy atom. The first-order chi connectivity index (χ1) is 9.58. The zero-order valence-corrected chi connectivity index (χ0v) is 12.8. The van der Waals surface area contributed by atoms with Crippen LogP contribution in [0.3, 0.4) is 0 Å². The van der Waals surface area contributed by atoms with Crippen molar-refractivity contribution in [3.05, 3.63) is 58.3 Å². The van der Waals surface area contributed by atoms with Gasteiger partial charge in [-0.3, -0.25) is 9.78 Å². The van der Waals surface area contributed by atoms with Gasteiger partial charge in [0.2, 0.25) is 0 Å². The van der Waals surface area contributed by atoms with Gasteiger partial charge in [0.25, 0.3) is 5.91 Å². The minimum absolute atomic E-state index is 0.0263. The minimum atomic E-state index is -0.0263. The average molecular weight is 334 g/mol. The zero-order chi connectivity index (χ0) is 14.5. The van der Waals surface area contributed by atoms with E-state index >= 15 is 0 Å². The summed E-state index contributed by atoms with van der Waals surface area (Å²) in [4.78, 5) is 18.2. The number of rotatable bonds is 4. The van der Waals surface area contributed by atoms with Crippen LogP contribution in [0.1, 0.15) is 16.1 Å². The minimum Gasteiger partial charge on any atom is -0.398 e. The molecule has 20 heavy (non-hydrogen) atoms. The van der Waals surface area contributed by atoms with Crippen LogP contribution in [-0.4, -0.2) is 29.4 Å². The van der Waals surface area contributed by atoms with Gasteiger partial charge in [0.1, 0.15) is 0 Å². The average Bonchev–Trinajstić information content (AvgIpc) is 2.48. The number of hydrogen-bond donors (Lipinski definition) is 1. The van der Waals surface area contributed by atoms with Crippen molar-refractivity contribution in [3.63, 3.8) is 0 Å². The number of halogens is 1. The highest BCUT2D eigenvalue weighted by molar-refractivity contribution is 9.10. The van der Waals surface area contributed by atoms with E-state index in [1.807, 2.05) is 18.2 Å². The first kappa shape index (κ1) is 14.5. The number of nitrogens with zero attached hydrogens (tertiary/aromatic N) is 2. The lowest BCUT2D eigenvalue weighted by Gasteiger charge is -2.17. The molecule has 1 aromatic carbocycles. The van der Waals surface area contributed by atoms with Crippen LogP contribution in [0.25, 0.3) is 0 Å². The predicted molar refractivity (Wildman–Crippen MR) is 83.5 cm³/mol. The topological polar surface area (TPSA) is 59.2 Å². The highest BCUT2D eigenvalue weighted by Crippen LogP contribution is 2.21. The quantitative estimate of drug-likeness (QED) is 0.875. The standard InChI is InChI=1S/C15H16BrN3O/c1-19(9-7-12-4-2-3-8-18-12)15(20)11-5-6-14(17)13(16)10-11/h2-6,8,10H,7,9,17H2,1H3. The molecule has 0 saturated carbocycles. The number of likely N-dealkylation sites (N-methyl/N-ethyl adjacent to an activating group) is 1. The Bertz CT molecular complexity index is 601. The largest absolute Gasteiger partial charge is 0.398 e. The van der Waals surface area contributed by atoms with Gasteiger partial charge in [-0.25, -0.2) is 0 Å². The normalized spacial score (nSPS) is 10.3. The van der Waals surface area contributed by atoms with Crippen LogP contribution < -0.4 is 5.73 Å². The maximum atomic E-state index is 12.3. The summed E-state index contributed by atoms with van der Waals surface area (Å²) in [7, 11) is 1.79. The van der Waals surface area contributed by atoms with Crippen molar-refractivity contribution in [1.29, 1.82) is 0 Å². The first-order valence-electron chi connectivity index (χ1n) is 6.28. The molecule has 1 aromatic heterocycles. The molecular formula is C15H16BrN3O. The fraction of sp³-hybridized carbons (Fsp3) is 0.200. The van der Waals surface area contributed by atoms with Crippen LogP contribution in [0.5, 0.6) is 0 Å². The second-order valence-electron chi connectivity index (χ2n) is 4.53. The van der Waals surface area contributed by atoms with Gasteiger partial charge in [-0.1, -0.05) is 6.07 Å². The number of carbonyl (C=O) groups is 1. The van der Waals surface area contributed by atoms with Crippen LogP contribution in [-0.2, 0) is 6.42 Å². The third kappa shape index (κ3) is 3.57. The molecule has 0 spiro atoms. The molecule has 0 aliphatic carbocycles. The number of anilines is 1. The van der Waals surface area contributed by atoms with Crippen molar-refractivity contribution in [1.82, 2.24) is 9.88 Å². The van der Waals surface area contributed by atoms with Gasteiger partial charge in [0, 0.05) is 47.6 Å². The van der Waals surface area contributed by atoms with Gasteiger partial charge in [-0.2, -0.15) is 0 Å². The molecule has 4 nitrogen and oxygen atoms in total. The molecule has 0 bridgehead atoms. The fourth-order valence-electron chi connectivity index (χ4n) is 1.81. The Balaban J connectivity index is 1.99. The van der Waals surface area contributed by atoms with Crippen molar-refractivity contribution in [2.24, 2.45) is 0 Å². The number of pyridine rings is 1. The van der Waals surface area contributed by atoms with E-state index in [-0.39, 0.29) is 5.91 Å². The summed E-state index contributed by atoms with van der Waals surface area (Å²) in [6.45, 7) is 0.623. The summed E-state index contributed by atoms with van der Waals surface area (Å²) in [5.74, 6) is -0.0263. The van der Waals surface area contributed by atoms with Gasteiger partial charge >= 0.3 is 0 Å². The second kappa shape index (κ2) is 6.52. The van der Waals surface area contributed by atoms with E-state index in [9.17, 15) is 4.79 Å². The first-order valence-corrected chi connectivity index (χ1v) is 7.07. The SMILES string of the molecule is CN(CCc1ccccn1)C(=O)c1ccc(N)c(Br)c1. The number of hydrogen-bond acceptors (Lipinski definition) is 3. The lowest BCUT2D eigenvalue weighted by Crippen LogP contribution is -2.29. The summed E-state index contributed by atoms with van der Waals surface area (Å²) in [6, 6.07) is 11.0. The number of carbonyl (C=O) groups excluding carboxylic acids is 1. The maximum Gasteiger partial charge on any atom is 0.253 e. The zero-order valence-electron chi connectivity index (χ0n) is 11.2. The number of aromatic nitrogens is 1. The lowest BCUT2D eigenvalue weighted by atomic mass is 10.1. The molecule has 1 amide bonds. The summed E-state index contributed by atoms with van der Waals surface area (Å²) in [5, 5.41) is 0. The van der Waals surface area contributed by atoms with Crippen molar-refractivity contribution in [2.75, 3.05) is 19.3 Å². The number of nitrogens with two attached hydrogens (primary N) is 1. The Morgan fingerprint density at radius 3 is 2.80 bits per heavy atom. The summed E-state index contributed by atoms with van der Waals surface area (Å²) >= 11 is 3.33. The van der Waals surface area contributed by atoms with E-state index in [1.54, 1.807) is 36.3 Å². The van der Waals surface area contributed by atoms with Gasteiger partial charge < -0.3 is 10.6 Å². The van der Waals surface area contributed by atoms with Crippen molar-refractivity contribution in [3.8, 4) is 0 Å². The van der Waals surface area contributed by atoms with Crippen LogP contribution in [0.15, 0.2) is 47.1 Å². The van der Waals surface area contributed by atoms with Crippen molar-refractivity contribution in [2.45, 2.75) is 6.42 Å². The molecule has 2 rings (SSSR count). The maximum absolute atomic E-state index is 12.3. The van der Waals surface area contributed by atoms with Crippen LogP contribution >= 0.6 is 15.9 Å². The number of amides is 1. The summed E-state index contributed by atoms with van der Waals surface area (Å²) < 4.78 is 0.737. The van der Waals surface area contributed by atoms with E-state index in [2.05, 4.69) is 20.9 Å². The van der Waals surface area contributed by atoms with Gasteiger partial charge in [0.15, 0.2) is 0 Å². The lowest BCUT2D eigenvalue weighted by molar-refractivity contribution is 0.0796. The molecule has 2 N–H and O–H groups in total. The summed E-state index contributed by atoms with van der Waals surface area (Å²) in [6.07, 6.45) is 2.49. The molecule has 1 heterocycles. The fourth-order valence-corrected chi connectivity index (χ4v) is 2.19. The highest BCUT2D eigenvalue weighted by atomic mass is 79.9. The Kier molecular flexibility index (Phi) is 4.74. The molecule has 0 unspecified atom stereocenters. The third-order valence-electron chi connectivity index (χ3n) is 3.02. The molecule has 0 saturated heterocycles. The monoisotopic (exact) mass is 333 g/mol. The predicted octanol–water partition coefficient (Wildman–Crippen LogP) is 2.74. The Labute approximate surface area is 126 Å². The molecule has 0 aliphatic rings. The highest BCUT2D eigenvalue weighted by Gasteiger charge is 2.12. The molecular weight excluding hydrogens is 318 g/mol.